The Balaban J connectivity index is 1.02. The smallest absolute Gasteiger partial charge is 0.0645 e. The van der Waals surface area contributed by atoms with E-state index < -0.39 is 0 Å². The highest BCUT2D eigenvalue weighted by Gasteiger charge is 2.15. The molecule has 9 aromatic carbocycles. The van der Waals surface area contributed by atoms with Crippen LogP contribution in [0, 0.1) is 0 Å². The van der Waals surface area contributed by atoms with Crippen molar-refractivity contribution in [2.45, 2.75) is 0 Å². The lowest BCUT2D eigenvalue weighted by Crippen LogP contribution is -2.09. The molecule has 9 aromatic rings. The van der Waals surface area contributed by atoms with Gasteiger partial charge in [-0.1, -0.05) is 158 Å². The van der Waals surface area contributed by atoms with Gasteiger partial charge in [-0.3, -0.25) is 0 Å². The Morgan fingerprint density at radius 2 is 0.630 bits per heavy atom. The second-order valence-electron chi connectivity index (χ2n) is 13.1. The SMILES string of the molecule is [2H]c1c([2H])c(N(c2ccccc2)c2ccccc2)c([2H])c([2H])c1-c1ccc(-c2ccc(N(c3ccccc3)c3ccc(-c4cccc5ccccc45)cc3)cc2)cc1. The Morgan fingerprint density at radius 1 is 0.259 bits per heavy atom. The Bertz CT molecular complexity index is 2770. The van der Waals surface area contributed by atoms with Crippen molar-refractivity contribution in [2.75, 3.05) is 9.80 Å². The first-order chi connectivity index (χ1) is 28.5. The molecule has 0 saturated carbocycles. The lowest BCUT2D eigenvalue weighted by Gasteiger charge is -2.26. The van der Waals surface area contributed by atoms with Crippen LogP contribution in [0.2, 0.25) is 0 Å². The van der Waals surface area contributed by atoms with Gasteiger partial charge >= 0.3 is 0 Å². The first-order valence-electron chi connectivity index (χ1n) is 20.1. The molecule has 0 N–H and O–H groups in total. The molecule has 0 heterocycles. The zero-order valence-corrected chi connectivity index (χ0v) is 29.5. The van der Waals surface area contributed by atoms with Crippen LogP contribution in [0.15, 0.2) is 230 Å². The van der Waals surface area contributed by atoms with Crippen LogP contribution < -0.4 is 9.80 Å². The predicted molar refractivity (Wildman–Crippen MR) is 230 cm³/mol. The number of hydrogen-bond donors (Lipinski definition) is 0. The lowest BCUT2D eigenvalue weighted by atomic mass is 9.98. The van der Waals surface area contributed by atoms with Crippen LogP contribution in [0.25, 0.3) is 44.2 Å². The van der Waals surface area contributed by atoms with Crippen LogP contribution in [-0.4, -0.2) is 0 Å². The molecule has 0 atom stereocenters. The number of nitrogens with zero attached hydrogens (tertiary/aromatic N) is 2. The minimum absolute atomic E-state index is 0.0869. The van der Waals surface area contributed by atoms with Crippen LogP contribution >= 0.6 is 0 Å². The Morgan fingerprint density at radius 3 is 1.15 bits per heavy atom. The molecule has 0 aliphatic rings. The standard InChI is InChI=1S/C52H38N2/c1-4-15-45(16-5-1)53(46-17-6-2-7-18-46)48-33-27-41(28-34-48)39-23-25-40(26-24-39)42-29-35-49(36-30-42)54(47-19-8-3-9-20-47)50-37-31-44(32-38-50)52-22-12-14-43-13-10-11-21-51(43)52/h1-38H/i27D,28D,33D,34D. The van der Waals surface area contributed by atoms with Crippen molar-refractivity contribution in [1.29, 1.82) is 0 Å². The van der Waals surface area contributed by atoms with E-state index in [0.717, 1.165) is 45.1 Å². The molecular formula is C52H38N2. The summed E-state index contributed by atoms with van der Waals surface area (Å²) in [7, 11) is 0. The monoisotopic (exact) mass is 694 g/mol. The molecule has 2 heteroatoms. The highest BCUT2D eigenvalue weighted by molar-refractivity contribution is 5.97. The van der Waals surface area contributed by atoms with E-state index in [2.05, 4.69) is 120 Å². The zero-order chi connectivity index (χ0) is 39.6. The van der Waals surface area contributed by atoms with Crippen molar-refractivity contribution < 1.29 is 5.48 Å². The molecular weight excluding hydrogens is 653 g/mol. The van der Waals surface area contributed by atoms with E-state index >= 15 is 0 Å². The first-order valence-corrected chi connectivity index (χ1v) is 18.1. The van der Waals surface area contributed by atoms with Crippen LogP contribution in [-0.2, 0) is 0 Å². The van der Waals surface area contributed by atoms with Gasteiger partial charge in [-0.2, -0.15) is 0 Å². The van der Waals surface area contributed by atoms with E-state index in [1.165, 1.54) is 16.3 Å². The largest absolute Gasteiger partial charge is 0.311 e. The summed E-state index contributed by atoms with van der Waals surface area (Å²) in [5.41, 5.74) is 10.1. The molecule has 0 fully saturated rings. The average molecular weight is 695 g/mol. The predicted octanol–water partition coefficient (Wildman–Crippen LogP) is 14.8. The number of fused-ring (bicyclic) bond motifs is 1. The van der Waals surface area contributed by atoms with Crippen molar-refractivity contribution in [3.8, 4) is 33.4 Å². The van der Waals surface area contributed by atoms with Gasteiger partial charge in [0.1, 0.15) is 0 Å². The van der Waals surface area contributed by atoms with E-state index in [1.807, 2.05) is 91.0 Å². The summed E-state index contributed by atoms with van der Waals surface area (Å²) >= 11 is 0. The van der Waals surface area contributed by atoms with Crippen LogP contribution in [0.1, 0.15) is 5.48 Å². The van der Waals surface area contributed by atoms with Crippen molar-refractivity contribution in [3.63, 3.8) is 0 Å². The molecule has 0 aliphatic heterocycles. The summed E-state index contributed by atoms with van der Waals surface area (Å²) in [6.45, 7) is 0. The van der Waals surface area contributed by atoms with E-state index in [4.69, 9.17) is 5.48 Å². The van der Waals surface area contributed by atoms with Gasteiger partial charge in [0.25, 0.3) is 0 Å². The maximum Gasteiger partial charge on any atom is 0.0645 e. The fourth-order valence-corrected chi connectivity index (χ4v) is 7.05. The van der Waals surface area contributed by atoms with Crippen LogP contribution in [0.5, 0.6) is 0 Å². The molecule has 2 nitrogen and oxygen atoms in total. The van der Waals surface area contributed by atoms with Gasteiger partial charge in [-0.15, -0.1) is 0 Å². The van der Waals surface area contributed by atoms with E-state index in [0.29, 0.717) is 5.56 Å². The van der Waals surface area contributed by atoms with E-state index in [-0.39, 0.29) is 35.4 Å². The molecule has 0 aliphatic carbocycles. The van der Waals surface area contributed by atoms with Gasteiger partial charge in [0, 0.05) is 34.1 Å². The Hall–Kier alpha value is -7.16. The molecule has 0 saturated heterocycles. The summed E-state index contributed by atoms with van der Waals surface area (Å²) in [6, 6.07) is 68.9. The van der Waals surface area contributed by atoms with Gasteiger partial charge in [0.2, 0.25) is 0 Å². The molecule has 0 radical (unpaired) electrons. The molecule has 0 spiro atoms. The molecule has 9 rings (SSSR count). The summed E-state index contributed by atoms with van der Waals surface area (Å²) in [5.74, 6) is 0. The topological polar surface area (TPSA) is 6.48 Å². The average Bonchev–Trinajstić information content (AvgIpc) is 3.29. The normalized spacial score (nSPS) is 12.0. The molecule has 256 valence electrons. The second-order valence-corrected chi connectivity index (χ2v) is 13.1. The van der Waals surface area contributed by atoms with E-state index in [1.54, 1.807) is 4.90 Å². The minimum Gasteiger partial charge on any atom is -0.311 e. The summed E-state index contributed by atoms with van der Waals surface area (Å²) in [4.78, 5) is 4.04. The second kappa shape index (κ2) is 14.8. The molecule has 0 unspecified atom stereocenters. The minimum atomic E-state index is -0.102. The molecule has 0 aromatic heterocycles. The van der Waals surface area contributed by atoms with Gasteiger partial charge in [-0.25, -0.2) is 0 Å². The van der Waals surface area contributed by atoms with Gasteiger partial charge in [0.05, 0.1) is 5.48 Å². The van der Waals surface area contributed by atoms with Crippen molar-refractivity contribution in [1.82, 2.24) is 0 Å². The Kier molecular flexibility index (Phi) is 7.81. The molecule has 0 bridgehead atoms. The van der Waals surface area contributed by atoms with Gasteiger partial charge in [0.15, 0.2) is 0 Å². The van der Waals surface area contributed by atoms with Crippen molar-refractivity contribution >= 4 is 44.9 Å². The maximum atomic E-state index is 9.15. The third-order valence-electron chi connectivity index (χ3n) is 9.74. The van der Waals surface area contributed by atoms with Crippen LogP contribution in [0.3, 0.4) is 0 Å². The van der Waals surface area contributed by atoms with Crippen molar-refractivity contribution in [3.05, 3.63) is 230 Å². The number of benzene rings is 9. The van der Waals surface area contributed by atoms with Gasteiger partial charge in [-0.05, 0) is 117 Å². The number of anilines is 6. The summed E-state index contributed by atoms with van der Waals surface area (Å²) < 4.78 is 36.5. The van der Waals surface area contributed by atoms with Gasteiger partial charge < -0.3 is 9.80 Å². The quantitative estimate of drug-likeness (QED) is 0.148. The summed E-state index contributed by atoms with van der Waals surface area (Å²) in [5, 5.41) is 2.45. The third kappa shape index (κ3) is 6.65. The first kappa shape index (κ1) is 28.4. The lowest BCUT2D eigenvalue weighted by molar-refractivity contribution is 1.28. The molecule has 0 amide bonds. The number of rotatable bonds is 9. The third-order valence-corrected chi connectivity index (χ3v) is 9.74. The zero-order valence-electron chi connectivity index (χ0n) is 33.5. The van der Waals surface area contributed by atoms with E-state index in [9.17, 15) is 0 Å². The maximum absolute atomic E-state index is 9.15. The fourth-order valence-electron chi connectivity index (χ4n) is 7.05. The number of hydrogen-bond acceptors (Lipinski definition) is 2. The highest BCUT2D eigenvalue weighted by atomic mass is 15.1. The summed E-state index contributed by atoms with van der Waals surface area (Å²) in [6.07, 6.45) is 0. The number of para-hydroxylation sites is 3. The fraction of sp³-hybridized carbons (Fsp3) is 0. The highest BCUT2D eigenvalue weighted by Crippen LogP contribution is 2.39. The van der Waals surface area contributed by atoms with Crippen LogP contribution in [0.4, 0.5) is 34.1 Å². The molecule has 54 heavy (non-hydrogen) atoms. The Labute approximate surface area is 323 Å². The van der Waals surface area contributed by atoms with Crippen molar-refractivity contribution in [2.24, 2.45) is 0 Å².